The summed E-state index contributed by atoms with van der Waals surface area (Å²) < 4.78 is 19.2. The summed E-state index contributed by atoms with van der Waals surface area (Å²) in [5, 5.41) is 5.01. The Bertz CT molecular complexity index is 1470. The van der Waals surface area contributed by atoms with Crippen LogP contribution in [-0.2, 0) is 0 Å². The molecule has 1 N–H and O–H groups in total. The molecule has 0 bridgehead atoms. The molecule has 0 aliphatic rings. The van der Waals surface area contributed by atoms with Gasteiger partial charge in [0.1, 0.15) is 22.6 Å². The van der Waals surface area contributed by atoms with Gasteiger partial charge in [0, 0.05) is 46.3 Å². The van der Waals surface area contributed by atoms with Crippen molar-refractivity contribution in [2.24, 2.45) is 0 Å². The number of aromatic nitrogens is 3. The highest BCUT2D eigenvalue weighted by Gasteiger charge is 2.23. The zero-order valence-corrected chi connectivity index (χ0v) is 17.1. The van der Waals surface area contributed by atoms with Crippen molar-refractivity contribution in [2.75, 3.05) is 14.2 Å². The fraction of sp³-hybridized carbons (Fsp3) is 0.217. The van der Waals surface area contributed by atoms with Crippen LogP contribution in [0.2, 0.25) is 0 Å². The first-order valence-electron chi connectivity index (χ1n) is 9.70. The lowest BCUT2D eigenvalue weighted by Gasteiger charge is -2.13. The standard InChI is InChI=1S/C23H21N3O4/c1-12(2)26-23-17(11-24-26)20(15-8-6-14(28-3)10-18(15)29-4)22-21(25-23)16-7-5-13(27)9-19(16)30-22/h5-12,24H,1-4H3. The Balaban J connectivity index is 1.98. The van der Waals surface area contributed by atoms with E-state index in [0.717, 1.165) is 27.5 Å². The lowest BCUT2D eigenvalue weighted by molar-refractivity contribution is 0.395. The van der Waals surface area contributed by atoms with E-state index in [0.29, 0.717) is 28.2 Å². The first-order valence-corrected chi connectivity index (χ1v) is 9.70. The second kappa shape index (κ2) is 6.66. The van der Waals surface area contributed by atoms with Crippen molar-refractivity contribution in [3.63, 3.8) is 0 Å². The van der Waals surface area contributed by atoms with Crippen molar-refractivity contribution in [1.82, 2.24) is 14.8 Å². The van der Waals surface area contributed by atoms with E-state index in [2.05, 4.69) is 18.9 Å². The van der Waals surface area contributed by atoms with Crippen molar-refractivity contribution in [3.05, 3.63) is 52.8 Å². The molecular weight excluding hydrogens is 382 g/mol. The fourth-order valence-corrected chi connectivity index (χ4v) is 3.93. The minimum atomic E-state index is -0.102. The molecule has 3 aromatic heterocycles. The van der Waals surface area contributed by atoms with Gasteiger partial charge in [-0.2, -0.15) is 0 Å². The molecule has 0 spiro atoms. The predicted octanol–water partition coefficient (Wildman–Crippen LogP) is 4.89. The first kappa shape index (κ1) is 18.3. The van der Waals surface area contributed by atoms with Gasteiger partial charge < -0.3 is 19.0 Å². The Labute approximate surface area is 171 Å². The first-order chi connectivity index (χ1) is 14.5. The number of nitrogens with zero attached hydrogens (tertiary/aromatic N) is 2. The largest absolute Gasteiger partial charge is 0.497 e. The second-order valence-corrected chi connectivity index (χ2v) is 7.47. The fourth-order valence-electron chi connectivity index (χ4n) is 3.93. The molecule has 2 aromatic carbocycles. The van der Waals surface area contributed by atoms with Crippen molar-refractivity contribution in [3.8, 4) is 22.6 Å². The molecule has 5 rings (SSSR count). The summed E-state index contributed by atoms with van der Waals surface area (Å²) in [6.45, 7) is 4.18. The van der Waals surface area contributed by atoms with Gasteiger partial charge in [0.25, 0.3) is 0 Å². The van der Waals surface area contributed by atoms with E-state index in [1.807, 2.05) is 29.1 Å². The van der Waals surface area contributed by atoms with Crippen LogP contribution in [-0.4, -0.2) is 29.0 Å². The molecule has 0 unspecified atom stereocenters. The summed E-state index contributed by atoms with van der Waals surface area (Å²) >= 11 is 0. The number of hydrogen-bond acceptors (Lipinski definition) is 5. The summed E-state index contributed by atoms with van der Waals surface area (Å²) in [4.78, 5) is 16.8. The smallest absolute Gasteiger partial charge is 0.182 e. The number of aromatic amines is 1. The molecule has 0 aliphatic carbocycles. The number of H-pyrrole nitrogens is 1. The predicted molar refractivity (Wildman–Crippen MR) is 117 cm³/mol. The van der Waals surface area contributed by atoms with Crippen molar-refractivity contribution in [1.29, 1.82) is 0 Å². The Hall–Kier alpha value is -3.74. The van der Waals surface area contributed by atoms with Crippen LogP contribution in [0.4, 0.5) is 0 Å². The van der Waals surface area contributed by atoms with E-state index in [9.17, 15) is 4.79 Å². The summed E-state index contributed by atoms with van der Waals surface area (Å²) in [6, 6.07) is 10.7. The van der Waals surface area contributed by atoms with Crippen LogP contribution in [0.25, 0.3) is 44.2 Å². The highest BCUT2D eigenvalue weighted by molar-refractivity contribution is 6.15. The van der Waals surface area contributed by atoms with Gasteiger partial charge in [0.05, 0.1) is 14.2 Å². The third-order valence-corrected chi connectivity index (χ3v) is 5.36. The number of ether oxygens (including phenoxy) is 2. The van der Waals surface area contributed by atoms with Gasteiger partial charge in [0.15, 0.2) is 16.7 Å². The molecule has 152 valence electrons. The molecule has 0 radical (unpaired) electrons. The van der Waals surface area contributed by atoms with E-state index in [1.54, 1.807) is 20.3 Å². The molecular formula is C23H21N3O4. The van der Waals surface area contributed by atoms with E-state index in [1.165, 1.54) is 12.1 Å². The number of fused-ring (bicyclic) bond motifs is 4. The Morgan fingerprint density at radius 1 is 1.07 bits per heavy atom. The third-order valence-electron chi connectivity index (χ3n) is 5.36. The van der Waals surface area contributed by atoms with Crippen molar-refractivity contribution < 1.29 is 13.9 Å². The summed E-state index contributed by atoms with van der Waals surface area (Å²) in [6.07, 6.45) is 1.92. The number of nitrogens with one attached hydrogen (secondary N) is 1. The Morgan fingerprint density at radius 3 is 2.63 bits per heavy atom. The number of benzene rings is 2. The molecule has 30 heavy (non-hydrogen) atoms. The van der Waals surface area contributed by atoms with Crippen LogP contribution in [0.1, 0.15) is 19.9 Å². The van der Waals surface area contributed by atoms with Gasteiger partial charge >= 0.3 is 0 Å². The van der Waals surface area contributed by atoms with Crippen LogP contribution in [0.5, 0.6) is 11.5 Å². The number of hydrogen-bond donors (Lipinski definition) is 1. The number of pyridine rings is 1. The average Bonchev–Trinajstić information content (AvgIpc) is 3.32. The van der Waals surface area contributed by atoms with Crippen molar-refractivity contribution in [2.45, 2.75) is 19.9 Å². The van der Waals surface area contributed by atoms with Crippen molar-refractivity contribution >= 4 is 33.1 Å². The van der Waals surface area contributed by atoms with E-state index < -0.39 is 0 Å². The van der Waals surface area contributed by atoms with E-state index >= 15 is 0 Å². The van der Waals surface area contributed by atoms with Crippen LogP contribution >= 0.6 is 0 Å². The van der Waals surface area contributed by atoms with Crippen LogP contribution in [0.3, 0.4) is 0 Å². The Morgan fingerprint density at radius 2 is 1.90 bits per heavy atom. The zero-order valence-electron chi connectivity index (χ0n) is 17.1. The molecule has 0 atom stereocenters. The summed E-state index contributed by atoms with van der Waals surface area (Å²) in [7, 11) is 3.25. The van der Waals surface area contributed by atoms with Gasteiger partial charge in [-0.3, -0.25) is 9.48 Å². The molecule has 0 aliphatic heterocycles. The highest BCUT2D eigenvalue weighted by Crippen LogP contribution is 2.43. The minimum Gasteiger partial charge on any atom is -0.497 e. The summed E-state index contributed by atoms with van der Waals surface area (Å²) in [5.74, 6) is 1.36. The molecule has 0 amide bonds. The Kier molecular flexibility index (Phi) is 4.06. The van der Waals surface area contributed by atoms with Gasteiger partial charge in [-0.05, 0) is 38.1 Å². The van der Waals surface area contributed by atoms with Crippen LogP contribution in [0, 0.1) is 0 Å². The van der Waals surface area contributed by atoms with Gasteiger partial charge in [-0.25, -0.2) is 4.98 Å². The molecule has 7 nitrogen and oxygen atoms in total. The molecule has 3 heterocycles. The average molecular weight is 403 g/mol. The lowest BCUT2D eigenvalue weighted by atomic mass is 10.0. The highest BCUT2D eigenvalue weighted by atomic mass is 16.5. The van der Waals surface area contributed by atoms with Gasteiger partial charge in [-0.1, -0.05) is 0 Å². The second-order valence-electron chi connectivity index (χ2n) is 7.47. The van der Waals surface area contributed by atoms with E-state index in [-0.39, 0.29) is 11.5 Å². The molecule has 0 saturated carbocycles. The topological polar surface area (TPSA) is 82.3 Å². The van der Waals surface area contributed by atoms with Gasteiger partial charge in [-0.15, -0.1) is 0 Å². The van der Waals surface area contributed by atoms with E-state index in [4.69, 9.17) is 18.9 Å². The number of methoxy groups -OCH3 is 2. The monoisotopic (exact) mass is 403 g/mol. The molecule has 0 saturated heterocycles. The molecule has 5 aromatic rings. The van der Waals surface area contributed by atoms with Gasteiger partial charge in [0.2, 0.25) is 0 Å². The van der Waals surface area contributed by atoms with Crippen LogP contribution in [0.15, 0.2) is 51.8 Å². The lowest BCUT2D eigenvalue weighted by Crippen LogP contribution is -2.03. The molecule has 0 fully saturated rings. The normalized spacial score (nSPS) is 11.8. The minimum absolute atomic E-state index is 0.102. The quantitative estimate of drug-likeness (QED) is 0.462. The maximum Gasteiger partial charge on any atom is 0.182 e. The van der Waals surface area contributed by atoms with Crippen LogP contribution < -0.4 is 14.9 Å². The summed E-state index contributed by atoms with van der Waals surface area (Å²) in [5.41, 5.74) is 4.25. The SMILES string of the molecule is COc1ccc(-c2c3c[nH]n(C(C)C)c3nc3c2oc2cc(=O)ccc23)c(OC)c1. The number of furan rings is 1. The zero-order chi connectivity index (χ0) is 21.0. The maximum absolute atomic E-state index is 11.9. The third kappa shape index (κ3) is 2.58. The maximum atomic E-state index is 11.9. The number of rotatable bonds is 4. The molecule has 7 heteroatoms.